The van der Waals surface area contributed by atoms with Crippen LogP contribution in [0.15, 0.2) is 24.3 Å². The lowest BCUT2D eigenvalue weighted by atomic mass is 10.1. The molecule has 0 saturated carbocycles. The number of hydrogen-bond donors (Lipinski definition) is 3. The van der Waals surface area contributed by atoms with E-state index in [2.05, 4.69) is 19.2 Å². The van der Waals surface area contributed by atoms with Crippen molar-refractivity contribution in [1.29, 1.82) is 0 Å². The van der Waals surface area contributed by atoms with Crippen molar-refractivity contribution in [1.82, 2.24) is 0 Å². The van der Waals surface area contributed by atoms with Gasteiger partial charge in [0.1, 0.15) is 0 Å². The Labute approximate surface area is 91.3 Å². The molecule has 15 heavy (non-hydrogen) atoms. The molecule has 84 valence electrons. The van der Waals surface area contributed by atoms with Gasteiger partial charge in [0.05, 0.1) is 6.10 Å². The Morgan fingerprint density at radius 3 is 2.73 bits per heavy atom. The Kier molecular flexibility index (Phi) is 4.43. The molecule has 0 aromatic heterocycles. The predicted molar refractivity (Wildman–Crippen MR) is 64.8 cm³/mol. The summed E-state index contributed by atoms with van der Waals surface area (Å²) in [7, 11) is 0. The second-order valence-corrected chi connectivity index (χ2v) is 4.29. The van der Waals surface area contributed by atoms with Gasteiger partial charge in [-0.25, -0.2) is 0 Å². The zero-order chi connectivity index (χ0) is 11.3. The number of rotatable bonds is 5. The van der Waals surface area contributed by atoms with E-state index in [4.69, 9.17) is 5.73 Å². The van der Waals surface area contributed by atoms with Crippen molar-refractivity contribution in [3.8, 4) is 0 Å². The van der Waals surface area contributed by atoms with Crippen molar-refractivity contribution >= 4 is 11.4 Å². The van der Waals surface area contributed by atoms with Crippen molar-refractivity contribution in [2.75, 3.05) is 17.6 Å². The lowest BCUT2D eigenvalue weighted by Crippen LogP contribution is -2.21. The first-order chi connectivity index (χ1) is 7.08. The number of nitrogens with two attached hydrogens (primary N) is 1. The molecule has 0 fully saturated rings. The minimum atomic E-state index is -0.300. The largest absolute Gasteiger partial charge is 0.399 e. The number of hydrogen-bond acceptors (Lipinski definition) is 3. The molecule has 0 aliphatic rings. The first-order valence-corrected chi connectivity index (χ1v) is 5.35. The van der Waals surface area contributed by atoms with Gasteiger partial charge in [0, 0.05) is 17.9 Å². The third kappa shape index (κ3) is 4.70. The molecule has 1 atom stereocenters. The van der Waals surface area contributed by atoms with E-state index in [1.165, 1.54) is 0 Å². The molecule has 1 unspecified atom stereocenters. The number of nitrogen functional groups attached to an aromatic ring is 1. The maximum atomic E-state index is 9.66. The van der Waals surface area contributed by atoms with Crippen molar-refractivity contribution in [2.45, 2.75) is 26.4 Å². The van der Waals surface area contributed by atoms with Crippen LogP contribution in [-0.2, 0) is 0 Å². The van der Waals surface area contributed by atoms with Crippen molar-refractivity contribution in [3.63, 3.8) is 0 Å². The first kappa shape index (κ1) is 11.9. The summed E-state index contributed by atoms with van der Waals surface area (Å²) in [4.78, 5) is 0. The van der Waals surface area contributed by atoms with Crippen LogP contribution < -0.4 is 11.1 Å². The highest BCUT2D eigenvalue weighted by Crippen LogP contribution is 2.12. The number of benzene rings is 1. The number of aliphatic hydroxyl groups excluding tert-OH is 1. The van der Waals surface area contributed by atoms with Gasteiger partial charge in [-0.15, -0.1) is 0 Å². The fourth-order valence-electron chi connectivity index (χ4n) is 1.51. The molecule has 0 bridgehead atoms. The van der Waals surface area contributed by atoms with E-state index in [1.807, 2.05) is 24.3 Å². The fraction of sp³-hybridized carbons (Fsp3) is 0.500. The molecule has 0 aliphatic heterocycles. The molecule has 0 spiro atoms. The van der Waals surface area contributed by atoms with E-state index < -0.39 is 0 Å². The minimum absolute atomic E-state index is 0.300. The Morgan fingerprint density at radius 2 is 2.13 bits per heavy atom. The lowest BCUT2D eigenvalue weighted by Gasteiger charge is -2.14. The van der Waals surface area contributed by atoms with Gasteiger partial charge in [-0.2, -0.15) is 0 Å². The van der Waals surface area contributed by atoms with Gasteiger partial charge in [-0.1, -0.05) is 19.9 Å². The van der Waals surface area contributed by atoms with E-state index in [0.717, 1.165) is 17.8 Å². The second-order valence-electron chi connectivity index (χ2n) is 4.29. The smallest absolute Gasteiger partial charge is 0.0715 e. The van der Waals surface area contributed by atoms with E-state index in [1.54, 1.807) is 0 Å². The molecule has 0 aliphatic carbocycles. The van der Waals surface area contributed by atoms with Gasteiger partial charge in [0.2, 0.25) is 0 Å². The van der Waals surface area contributed by atoms with E-state index >= 15 is 0 Å². The molecule has 0 amide bonds. The zero-order valence-corrected chi connectivity index (χ0v) is 9.40. The third-order valence-electron chi connectivity index (χ3n) is 2.17. The predicted octanol–water partition coefficient (Wildman–Crippen LogP) is 2.09. The molecule has 1 rings (SSSR count). The topological polar surface area (TPSA) is 58.3 Å². The Bertz CT molecular complexity index is 299. The molecular formula is C12H20N2O. The molecule has 0 radical (unpaired) electrons. The highest BCUT2D eigenvalue weighted by atomic mass is 16.3. The first-order valence-electron chi connectivity index (χ1n) is 5.35. The quantitative estimate of drug-likeness (QED) is 0.649. The van der Waals surface area contributed by atoms with E-state index in [0.29, 0.717) is 12.5 Å². The summed E-state index contributed by atoms with van der Waals surface area (Å²) >= 11 is 0. The van der Waals surface area contributed by atoms with Crippen LogP contribution in [0.5, 0.6) is 0 Å². The maximum Gasteiger partial charge on any atom is 0.0715 e. The van der Waals surface area contributed by atoms with E-state index in [-0.39, 0.29) is 6.10 Å². The van der Waals surface area contributed by atoms with Crippen LogP contribution in [0.2, 0.25) is 0 Å². The Balaban J connectivity index is 2.36. The van der Waals surface area contributed by atoms with Crippen LogP contribution in [0.25, 0.3) is 0 Å². The number of nitrogens with one attached hydrogen (secondary N) is 1. The second kappa shape index (κ2) is 5.61. The van der Waals surface area contributed by atoms with Crippen LogP contribution >= 0.6 is 0 Å². The van der Waals surface area contributed by atoms with E-state index in [9.17, 15) is 5.11 Å². The molecule has 4 N–H and O–H groups in total. The molecule has 0 saturated heterocycles. The van der Waals surface area contributed by atoms with Gasteiger partial charge < -0.3 is 16.2 Å². The van der Waals surface area contributed by atoms with Gasteiger partial charge >= 0.3 is 0 Å². The number of anilines is 2. The molecular weight excluding hydrogens is 188 g/mol. The Morgan fingerprint density at radius 1 is 1.40 bits per heavy atom. The van der Waals surface area contributed by atoms with Crippen molar-refractivity contribution < 1.29 is 5.11 Å². The SMILES string of the molecule is CC(C)CC(O)CNc1cccc(N)c1. The Hall–Kier alpha value is -1.22. The van der Waals surface area contributed by atoms with Crippen molar-refractivity contribution in [2.24, 2.45) is 5.92 Å². The summed E-state index contributed by atoms with van der Waals surface area (Å²) in [5, 5.41) is 12.8. The highest BCUT2D eigenvalue weighted by molar-refractivity contribution is 5.54. The summed E-state index contributed by atoms with van der Waals surface area (Å²) < 4.78 is 0. The standard InChI is InChI=1S/C12H20N2O/c1-9(2)6-12(15)8-14-11-5-3-4-10(13)7-11/h3-5,7,9,12,14-15H,6,8,13H2,1-2H3. The zero-order valence-electron chi connectivity index (χ0n) is 9.40. The minimum Gasteiger partial charge on any atom is -0.399 e. The van der Waals surface area contributed by atoms with Crippen LogP contribution in [0.1, 0.15) is 20.3 Å². The normalized spacial score (nSPS) is 12.8. The highest BCUT2D eigenvalue weighted by Gasteiger charge is 2.06. The molecule has 1 aromatic rings. The summed E-state index contributed by atoms with van der Waals surface area (Å²) in [5.41, 5.74) is 7.33. The van der Waals surface area contributed by atoms with Gasteiger partial charge in [0.25, 0.3) is 0 Å². The summed E-state index contributed by atoms with van der Waals surface area (Å²) in [6, 6.07) is 7.54. The molecule has 3 nitrogen and oxygen atoms in total. The lowest BCUT2D eigenvalue weighted by molar-refractivity contribution is 0.161. The average molecular weight is 208 g/mol. The maximum absolute atomic E-state index is 9.66. The molecule has 0 heterocycles. The van der Waals surface area contributed by atoms with Crippen LogP contribution in [0.4, 0.5) is 11.4 Å². The number of aliphatic hydroxyl groups is 1. The van der Waals surface area contributed by atoms with Crippen LogP contribution in [0.3, 0.4) is 0 Å². The van der Waals surface area contributed by atoms with Crippen molar-refractivity contribution in [3.05, 3.63) is 24.3 Å². The summed E-state index contributed by atoms with van der Waals surface area (Å²) in [6.07, 6.45) is 0.515. The fourth-order valence-corrected chi connectivity index (χ4v) is 1.51. The average Bonchev–Trinajstić information content (AvgIpc) is 2.14. The molecule has 3 heteroatoms. The van der Waals surface area contributed by atoms with Crippen LogP contribution in [-0.4, -0.2) is 17.8 Å². The van der Waals surface area contributed by atoms with Crippen LogP contribution in [0, 0.1) is 5.92 Å². The summed E-state index contributed by atoms with van der Waals surface area (Å²) in [5.74, 6) is 0.516. The monoisotopic (exact) mass is 208 g/mol. The van der Waals surface area contributed by atoms with Gasteiger partial charge in [-0.3, -0.25) is 0 Å². The summed E-state index contributed by atoms with van der Waals surface area (Å²) in [6.45, 7) is 4.77. The molecule has 1 aromatic carbocycles. The third-order valence-corrected chi connectivity index (χ3v) is 2.17. The van der Waals surface area contributed by atoms with Gasteiger partial charge in [-0.05, 0) is 30.5 Å². The van der Waals surface area contributed by atoms with Gasteiger partial charge in [0.15, 0.2) is 0 Å².